The number of carbonyl (C=O) groups is 1. The lowest BCUT2D eigenvalue weighted by molar-refractivity contribution is -0.136. The van der Waals surface area contributed by atoms with Gasteiger partial charge < -0.3 is 5.11 Å². The largest absolute Gasteiger partial charge is 0.481 e. The van der Waals surface area contributed by atoms with Gasteiger partial charge in [0.15, 0.2) is 0 Å². The summed E-state index contributed by atoms with van der Waals surface area (Å²) in [5.74, 6) is -0.947. The Morgan fingerprint density at radius 2 is 2.50 bits per heavy atom. The summed E-state index contributed by atoms with van der Waals surface area (Å²) in [7, 11) is 0. The Hall–Kier alpha value is -1.89. The van der Waals surface area contributed by atoms with Crippen molar-refractivity contribution >= 4 is 5.97 Å². The number of aromatic nitrogens is 1. The van der Waals surface area contributed by atoms with Crippen molar-refractivity contribution in [2.24, 2.45) is 0 Å². The van der Waals surface area contributed by atoms with Gasteiger partial charge in [-0.2, -0.15) is 5.26 Å². The first kappa shape index (κ1) is 8.21. The molecular formula is C8H6N2O2. The fourth-order valence-corrected chi connectivity index (χ4v) is 0.799. The van der Waals surface area contributed by atoms with Crippen LogP contribution in [0, 0.1) is 11.3 Å². The molecule has 4 nitrogen and oxygen atoms in total. The van der Waals surface area contributed by atoms with E-state index in [0.29, 0.717) is 11.3 Å². The molecule has 0 radical (unpaired) electrons. The van der Waals surface area contributed by atoms with Crippen LogP contribution in [-0.4, -0.2) is 16.1 Å². The van der Waals surface area contributed by atoms with Gasteiger partial charge in [0.25, 0.3) is 0 Å². The predicted molar refractivity (Wildman–Crippen MR) is 40.3 cm³/mol. The molecule has 1 heterocycles. The molecule has 0 fully saturated rings. The zero-order valence-electron chi connectivity index (χ0n) is 6.19. The van der Waals surface area contributed by atoms with Crippen molar-refractivity contribution in [2.45, 2.75) is 6.42 Å². The minimum absolute atomic E-state index is 0.143. The molecule has 1 N–H and O–H groups in total. The van der Waals surface area contributed by atoms with Crippen LogP contribution in [0.5, 0.6) is 0 Å². The molecular weight excluding hydrogens is 156 g/mol. The topological polar surface area (TPSA) is 74.0 Å². The molecule has 0 atom stereocenters. The van der Waals surface area contributed by atoms with Crippen molar-refractivity contribution in [1.82, 2.24) is 4.98 Å². The molecule has 0 unspecified atom stereocenters. The van der Waals surface area contributed by atoms with Gasteiger partial charge in [-0.15, -0.1) is 0 Å². The van der Waals surface area contributed by atoms with Crippen LogP contribution in [0.4, 0.5) is 0 Å². The minimum atomic E-state index is -0.947. The summed E-state index contributed by atoms with van der Waals surface area (Å²) >= 11 is 0. The molecule has 0 amide bonds. The fourth-order valence-electron chi connectivity index (χ4n) is 0.799. The summed E-state index contributed by atoms with van der Waals surface area (Å²) < 4.78 is 0. The first-order chi connectivity index (χ1) is 5.72. The smallest absolute Gasteiger partial charge is 0.309 e. The van der Waals surface area contributed by atoms with E-state index in [0.717, 1.165) is 0 Å². The molecule has 1 rings (SSSR count). The van der Waals surface area contributed by atoms with Crippen LogP contribution in [-0.2, 0) is 11.2 Å². The van der Waals surface area contributed by atoms with Gasteiger partial charge in [-0.1, -0.05) is 0 Å². The van der Waals surface area contributed by atoms with Gasteiger partial charge >= 0.3 is 5.97 Å². The maximum absolute atomic E-state index is 10.2. The first-order valence-corrected chi connectivity index (χ1v) is 3.29. The lowest BCUT2D eigenvalue weighted by Crippen LogP contribution is -2.02. The Labute approximate surface area is 69.1 Å². The average molecular weight is 162 g/mol. The van der Waals surface area contributed by atoms with E-state index in [1.54, 1.807) is 0 Å². The lowest BCUT2D eigenvalue weighted by Gasteiger charge is -1.94. The summed E-state index contributed by atoms with van der Waals surface area (Å²) in [6.45, 7) is 0. The van der Waals surface area contributed by atoms with Crippen LogP contribution in [0.15, 0.2) is 18.3 Å². The third kappa shape index (κ3) is 2.06. The number of hydrogen-bond donors (Lipinski definition) is 1. The van der Waals surface area contributed by atoms with Crippen LogP contribution in [0.3, 0.4) is 0 Å². The lowest BCUT2D eigenvalue weighted by atomic mass is 10.2. The second-order valence-electron chi connectivity index (χ2n) is 2.22. The van der Waals surface area contributed by atoms with Gasteiger partial charge in [0.1, 0.15) is 0 Å². The van der Waals surface area contributed by atoms with E-state index < -0.39 is 5.97 Å². The Morgan fingerprint density at radius 3 is 3.08 bits per heavy atom. The minimum Gasteiger partial charge on any atom is -0.481 e. The first-order valence-electron chi connectivity index (χ1n) is 3.29. The number of pyridine rings is 1. The highest BCUT2D eigenvalue weighted by atomic mass is 16.4. The fraction of sp³-hybridized carbons (Fsp3) is 0.125. The van der Waals surface area contributed by atoms with Gasteiger partial charge in [0, 0.05) is 6.20 Å². The summed E-state index contributed by atoms with van der Waals surface area (Å²) in [6, 6.07) is 4.91. The molecule has 1 aromatic rings. The van der Waals surface area contributed by atoms with Gasteiger partial charge in [-0.25, -0.2) is 0 Å². The highest BCUT2D eigenvalue weighted by Crippen LogP contribution is 2.00. The van der Waals surface area contributed by atoms with Gasteiger partial charge in [0.05, 0.1) is 23.7 Å². The Bertz CT molecular complexity index is 341. The molecule has 60 valence electrons. The predicted octanol–water partition coefficient (Wildman–Crippen LogP) is 0.580. The highest BCUT2D eigenvalue weighted by Gasteiger charge is 2.01. The average Bonchev–Trinajstić information content (AvgIpc) is 2.03. The van der Waals surface area contributed by atoms with Crippen LogP contribution >= 0.6 is 0 Å². The van der Waals surface area contributed by atoms with Crippen molar-refractivity contribution in [3.8, 4) is 6.07 Å². The summed E-state index contributed by atoms with van der Waals surface area (Å²) in [5, 5.41) is 16.9. The molecule has 0 saturated carbocycles. The molecule has 0 aliphatic heterocycles. The van der Waals surface area contributed by atoms with E-state index in [-0.39, 0.29) is 6.42 Å². The molecule has 1 aromatic heterocycles. The Morgan fingerprint density at radius 1 is 1.75 bits per heavy atom. The standard InChI is InChI=1S/C8H6N2O2/c9-5-6-1-2-10-7(3-6)4-8(11)12/h1-3H,4H2,(H,11,12). The number of aliphatic carboxylic acids is 1. The molecule has 0 bridgehead atoms. The molecule has 12 heavy (non-hydrogen) atoms. The van der Waals surface area contributed by atoms with Gasteiger partial charge in [-0.05, 0) is 12.1 Å². The molecule has 0 spiro atoms. The van der Waals surface area contributed by atoms with Crippen LogP contribution in [0.25, 0.3) is 0 Å². The monoisotopic (exact) mass is 162 g/mol. The molecule has 0 saturated heterocycles. The third-order valence-electron chi connectivity index (χ3n) is 1.28. The maximum atomic E-state index is 10.2. The van der Waals surface area contributed by atoms with Crippen LogP contribution in [0.1, 0.15) is 11.3 Å². The molecule has 0 aliphatic carbocycles. The summed E-state index contributed by atoms with van der Waals surface area (Å²) in [4.78, 5) is 14.0. The maximum Gasteiger partial charge on any atom is 0.309 e. The number of carboxylic acid groups (broad SMARTS) is 1. The summed E-state index contributed by atoms with van der Waals surface area (Å²) in [5.41, 5.74) is 0.836. The molecule has 4 heteroatoms. The Kier molecular flexibility index (Phi) is 2.38. The Balaban J connectivity index is 2.88. The number of hydrogen-bond acceptors (Lipinski definition) is 3. The quantitative estimate of drug-likeness (QED) is 0.690. The second-order valence-corrected chi connectivity index (χ2v) is 2.22. The van der Waals surface area contributed by atoms with Crippen molar-refractivity contribution in [2.75, 3.05) is 0 Å². The number of carboxylic acids is 1. The van der Waals surface area contributed by atoms with Crippen molar-refractivity contribution in [3.63, 3.8) is 0 Å². The number of nitriles is 1. The second kappa shape index (κ2) is 3.49. The van der Waals surface area contributed by atoms with Crippen molar-refractivity contribution in [1.29, 1.82) is 5.26 Å². The van der Waals surface area contributed by atoms with E-state index in [4.69, 9.17) is 10.4 Å². The van der Waals surface area contributed by atoms with Crippen molar-refractivity contribution < 1.29 is 9.90 Å². The van der Waals surface area contributed by atoms with Crippen LogP contribution in [0.2, 0.25) is 0 Å². The van der Waals surface area contributed by atoms with E-state index in [1.807, 2.05) is 6.07 Å². The zero-order valence-corrected chi connectivity index (χ0v) is 6.19. The molecule has 0 aliphatic rings. The van der Waals surface area contributed by atoms with Gasteiger partial charge in [0.2, 0.25) is 0 Å². The highest BCUT2D eigenvalue weighted by molar-refractivity contribution is 5.69. The van der Waals surface area contributed by atoms with Crippen LogP contribution < -0.4 is 0 Å². The van der Waals surface area contributed by atoms with E-state index in [9.17, 15) is 4.79 Å². The van der Waals surface area contributed by atoms with E-state index in [1.165, 1.54) is 18.3 Å². The normalized spacial score (nSPS) is 8.92. The third-order valence-corrected chi connectivity index (χ3v) is 1.28. The molecule has 0 aromatic carbocycles. The zero-order chi connectivity index (χ0) is 8.97. The number of nitrogens with zero attached hydrogens (tertiary/aromatic N) is 2. The van der Waals surface area contributed by atoms with E-state index >= 15 is 0 Å². The number of rotatable bonds is 2. The van der Waals surface area contributed by atoms with Gasteiger partial charge in [-0.3, -0.25) is 9.78 Å². The summed E-state index contributed by atoms with van der Waals surface area (Å²) in [6.07, 6.45) is 1.28. The van der Waals surface area contributed by atoms with Crippen molar-refractivity contribution in [3.05, 3.63) is 29.6 Å². The SMILES string of the molecule is N#Cc1ccnc(CC(=O)O)c1. The van der Waals surface area contributed by atoms with E-state index in [2.05, 4.69) is 4.98 Å².